The summed E-state index contributed by atoms with van der Waals surface area (Å²) in [5, 5.41) is 5.42. The van der Waals surface area contributed by atoms with Gasteiger partial charge in [-0.1, -0.05) is 0 Å². The van der Waals surface area contributed by atoms with Crippen LogP contribution < -0.4 is 16.6 Å². The molecule has 0 saturated carbocycles. The number of nitrogen functional groups attached to an aromatic ring is 1. The Hall–Kier alpha value is -1.87. The maximum atomic E-state index is 12.8. The molecule has 5 nitrogen and oxygen atoms in total. The molecule has 0 amide bonds. The minimum atomic E-state index is -4.46. The smallest absolute Gasteiger partial charge is 0.361 e. The first kappa shape index (κ1) is 14.5. The van der Waals surface area contributed by atoms with Crippen LogP contribution in [0.4, 0.5) is 24.8 Å². The fraction of sp³-hybridized carbons (Fsp3) is 0.273. The van der Waals surface area contributed by atoms with Crippen LogP contribution in [0.5, 0.6) is 0 Å². The van der Waals surface area contributed by atoms with Crippen LogP contribution in [0.25, 0.3) is 0 Å². The van der Waals surface area contributed by atoms with Crippen molar-refractivity contribution in [1.29, 1.82) is 0 Å². The van der Waals surface area contributed by atoms with Gasteiger partial charge >= 0.3 is 6.18 Å². The number of thiazole rings is 1. The van der Waals surface area contributed by atoms with E-state index >= 15 is 0 Å². The van der Waals surface area contributed by atoms with Crippen LogP contribution >= 0.6 is 11.3 Å². The maximum Gasteiger partial charge on any atom is 0.416 e. The fourth-order valence-corrected chi connectivity index (χ4v) is 2.22. The van der Waals surface area contributed by atoms with Gasteiger partial charge in [-0.05, 0) is 19.1 Å². The zero-order valence-corrected chi connectivity index (χ0v) is 11.2. The van der Waals surface area contributed by atoms with Crippen molar-refractivity contribution in [3.05, 3.63) is 34.3 Å². The number of hydrogen-bond donors (Lipinski definition) is 3. The van der Waals surface area contributed by atoms with Crippen molar-refractivity contribution < 1.29 is 13.2 Å². The lowest BCUT2D eigenvalue weighted by molar-refractivity contribution is -0.137. The second-order valence-corrected chi connectivity index (χ2v) is 4.93. The van der Waals surface area contributed by atoms with E-state index in [4.69, 9.17) is 5.84 Å². The van der Waals surface area contributed by atoms with Gasteiger partial charge in [0.25, 0.3) is 0 Å². The molecule has 2 heterocycles. The number of hydrazine groups is 1. The first-order valence-electron chi connectivity index (χ1n) is 5.62. The largest absolute Gasteiger partial charge is 0.416 e. The van der Waals surface area contributed by atoms with Crippen LogP contribution in [0.2, 0.25) is 0 Å². The number of pyridine rings is 1. The van der Waals surface area contributed by atoms with Crippen LogP contribution in [-0.4, -0.2) is 9.97 Å². The van der Waals surface area contributed by atoms with Gasteiger partial charge in [-0.25, -0.2) is 15.8 Å². The second-order valence-electron chi connectivity index (χ2n) is 4.00. The Balaban J connectivity index is 2.27. The maximum absolute atomic E-state index is 12.8. The second kappa shape index (κ2) is 5.63. The van der Waals surface area contributed by atoms with E-state index in [2.05, 4.69) is 20.7 Å². The van der Waals surface area contributed by atoms with Crippen molar-refractivity contribution >= 4 is 23.0 Å². The van der Waals surface area contributed by atoms with Gasteiger partial charge < -0.3 is 10.7 Å². The van der Waals surface area contributed by atoms with Crippen molar-refractivity contribution in [2.24, 2.45) is 5.84 Å². The molecule has 0 bridgehead atoms. The van der Waals surface area contributed by atoms with Crippen molar-refractivity contribution in [1.82, 2.24) is 9.97 Å². The lowest BCUT2D eigenvalue weighted by Gasteiger charge is -2.15. The summed E-state index contributed by atoms with van der Waals surface area (Å²) >= 11 is 1.41. The van der Waals surface area contributed by atoms with Gasteiger partial charge in [0, 0.05) is 11.6 Å². The van der Waals surface area contributed by atoms with Crippen LogP contribution in [-0.2, 0) is 6.18 Å². The van der Waals surface area contributed by atoms with Gasteiger partial charge in [0.2, 0.25) is 0 Å². The topological polar surface area (TPSA) is 75.9 Å². The predicted molar refractivity (Wildman–Crippen MR) is 71.2 cm³/mol. The number of nitrogens with two attached hydrogens (primary N) is 1. The van der Waals surface area contributed by atoms with E-state index in [1.165, 1.54) is 11.3 Å². The summed E-state index contributed by atoms with van der Waals surface area (Å²) in [6.07, 6.45) is -2.83. The molecule has 1 atom stereocenters. The van der Waals surface area contributed by atoms with Crippen LogP contribution in [0, 0.1) is 0 Å². The molecule has 0 spiro atoms. The Morgan fingerprint density at radius 3 is 2.55 bits per heavy atom. The van der Waals surface area contributed by atoms with E-state index in [-0.39, 0.29) is 17.7 Å². The van der Waals surface area contributed by atoms with Crippen molar-refractivity contribution in [2.45, 2.75) is 19.1 Å². The highest BCUT2D eigenvalue weighted by atomic mass is 32.1. The number of aromatic nitrogens is 2. The number of alkyl halides is 3. The van der Waals surface area contributed by atoms with E-state index in [1.807, 2.05) is 0 Å². The van der Waals surface area contributed by atoms with Gasteiger partial charge in [-0.15, -0.1) is 11.3 Å². The number of anilines is 2. The zero-order chi connectivity index (χ0) is 14.8. The summed E-state index contributed by atoms with van der Waals surface area (Å²) in [4.78, 5) is 8.04. The fourth-order valence-electron chi connectivity index (χ4n) is 1.57. The highest BCUT2D eigenvalue weighted by Crippen LogP contribution is 2.32. The third kappa shape index (κ3) is 3.36. The number of halogens is 3. The average molecular weight is 303 g/mol. The Morgan fingerprint density at radius 1 is 1.30 bits per heavy atom. The molecule has 4 N–H and O–H groups in total. The van der Waals surface area contributed by atoms with Crippen LogP contribution in [0.15, 0.2) is 23.7 Å². The van der Waals surface area contributed by atoms with E-state index in [9.17, 15) is 13.2 Å². The van der Waals surface area contributed by atoms with Gasteiger partial charge in [0.1, 0.15) is 16.6 Å². The normalized spacial score (nSPS) is 13.1. The molecular weight excluding hydrogens is 291 g/mol. The SMILES string of the molecule is CC(Nc1cc(C(F)(F)F)cc(NN)n1)c1nccs1. The number of nitrogens with one attached hydrogen (secondary N) is 2. The minimum absolute atomic E-state index is 0.0614. The zero-order valence-electron chi connectivity index (χ0n) is 10.4. The van der Waals surface area contributed by atoms with Gasteiger partial charge in [0.05, 0.1) is 11.6 Å². The highest BCUT2D eigenvalue weighted by molar-refractivity contribution is 7.09. The van der Waals surface area contributed by atoms with Crippen molar-refractivity contribution in [2.75, 3.05) is 10.7 Å². The predicted octanol–water partition coefficient (Wildman–Crippen LogP) is 3.02. The molecule has 0 aliphatic carbocycles. The van der Waals surface area contributed by atoms with E-state index < -0.39 is 11.7 Å². The average Bonchev–Trinajstić information content (AvgIpc) is 2.91. The molecule has 0 aliphatic heterocycles. The van der Waals surface area contributed by atoms with Gasteiger partial charge in [-0.2, -0.15) is 13.2 Å². The monoisotopic (exact) mass is 303 g/mol. The Bertz CT molecular complexity index is 570. The van der Waals surface area contributed by atoms with Crippen molar-refractivity contribution in [3.63, 3.8) is 0 Å². The standard InChI is InChI=1S/C11H12F3N5S/c1-6(10-16-2-3-20-10)17-8-4-7(11(12,13)14)5-9(18-8)19-15/h2-6H,15H2,1H3,(H2,17,18,19). The molecule has 0 saturated heterocycles. The van der Waals surface area contributed by atoms with E-state index in [0.29, 0.717) is 0 Å². The van der Waals surface area contributed by atoms with E-state index in [1.54, 1.807) is 18.5 Å². The third-order valence-corrected chi connectivity index (χ3v) is 3.45. The molecule has 9 heteroatoms. The number of hydrogen-bond acceptors (Lipinski definition) is 6. The summed E-state index contributed by atoms with van der Waals surface area (Å²) in [6, 6.07) is 1.53. The molecule has 0 radical (unpaired) electrons. The Labute approximate surface area is 117 Å². The minimum Gasteiger partial charge on any atom is -0.361 e. The first-order valence-corrected chi connectivity index (χ1v) is 6.50. The Morgan fingerprint density at radius 2 is 2.00 bits per heavy atom. The summed E-state index contributed by atoms with van der Waals surface area (Å²) < 4.78 is 38.3. The molecule has 2 aromatic heterocycles. The molecule has 2 rings (SSSR count). The van der Waals surface area contributed by atoms with Crippen LogP contribution in [0.1, 0.15) is 23.5 Å². The summed E-state index contributed by atoms with van der Waals surface area (Å²) in [7, 11) is 0. The summed E-state index contributed by atoms with van der Waals surface area (Å²) in [6.45, 7) is 1.79. The third-order valence-electron chi connectivity index (χ3n) is 2.49. The molecule has 2 aromatic rings. The lowest BCUT2D eigenvalue weighted by atomic mass is 10.2. The molecular formula is C11H12F3N5S. The molecule has 0 aliphatic rings. The molecule has 20 heavy (non-hydrogen) atoms. The van der Waals surface area contributed by atoms with Crippen molar-refractivity contribution in [3.8, 4) is 0 Å². The number of nitrogens with zero attached hydrogens (tertiary/aromatic N) is 2. The highest BCUT2D eigenvalue weighted by Gasteiger charge is 2.31. The lowest BCUT2D eigenvalue weighted by Crippen LogP contribution is -2.15. The first-order chi connectivity index (χ1) is 9.40. The van der Waals surface area contributed by atoms with Gasteiger partial charge in [0.15, 0.2) is 0 Å². The number of rotatable bonds is 4. The summed E-state index contributed by atoms with van der Waals surface area (Å²) in [5.74, 6) is 5.16. The summed E-state index contributed by atoms with van der Waals surface area (Å²) in [5.41, 5.74) is 1.30. The van der Waals surface area contributed by atoms with Gasteiger partial charge in [-0.3, -0.25) is 0 Å². The molecule has 108 valence electrons. The molecule has 0 fully saturated rings. The Kier molecular flexibility index (Phi) is 4.09. The van der Waals surface area contributed by atoms with Crippen LogP contribution in [0.3, 0.4) is 0 Å². The quantitative estimate of drug-likeness (QED) is 0.598. The van der Waals surface area contributed by atoms with E-state index in [0.717, 1.165) is 17.1 Å². The molecule has 0 aromatic carbocycles. The molecule has 1 unspecified atom stereocenters.